The molecule has 0 atom stereocenters. The molecular formula is C20H20ClN5O2S. The Balaban J connectivity index is 1.30. The van der Waals surface area contributed by atoms with E-state index >= 15 is 0 Å². The van der Waals surface area contributed by atoms with E-state index in [0.29, 0.717) is 27.4 Å². The fraction of sp³-hybridized carbons (Fsp3) is 0.300. The Labute approximate surface area is 177 Å². The molecule has 4 rings (SSSR count). The molecule has 0 bridgehead atoms. The highest BCUT2D eigenvalue weighted by Crippen LogP contribution is 2.28. The van der Waals surface area contributed by atoms with Crippen LogP contribution in [0.15, 0.2) is 52.2 Å². The van der Waals surface area contributed by atoms with E-state index in [1.807, 2.05) is 24.3 Å². The zero-order valence-corrected chi connectivity index (χ0v) is 17.2. The molecule has 1 aromatic carbocycles. The highest BCUT2D eigenvalue weighted by molar-refractivity contribution is 7.99. The Morgan fingerprint density at radius 1 is 1.14 bits per heavy atom. The number of amides is 1. The molecule has 1 amide bonds. The Morgan fingerprint density at radius 2 is 1.97 bits per heavy atom. The number of piperidine rings is 1. The number of benzene rings is 1. The molecule has 1 aliphatic rings. The quantitative estimate of drug-likeness (QED) is 0.577. The van der Waals surface area contributed by atoms with Gasteiger partial charge in [-0.05, 0) is 43.5 Å². The minimum absolute atomic E-state index is 0.151. The van der Waals surface area contributed by atoms with Gasteiger partial charge in [-0.1, -0.05) is 35.5 Å². The number of nitrogens with zero attached hydrogens (tertiary/aromatic N) is 4. The lowest BCUT2D eigenvalue weighted by Gasteiger charge is -2.27. The average molecular weight is 430 g/mol. The van der Waals surface area contributed by atoms with Gasteiger partial charge < -0.3 is 14.6 Å². The van der Waals surface area contributed by atoms with E-state index in [2.05, 4.69) is 25.4 Å². The largest absolute Gasteiger partial charge is 0.411 e. The van der Waals surface area contributed by atoms with Crippen molar-refractivity contribution in [1.29, 1.82) is 0 Å². The number of hydrogen-bond donors (Lipinski definition) is 1. The molecule has 0 unspecified atom stereocenters. The first-order valence-electron chi connectivity index (χ1n) is 9.41. The number of thioether (sulfide) groups is 1. The molecule has 2 aromatic heterocycles. The maximum absolute atomic E-state index is 12.2. The predicted octanol–water partition coefficient (Wildman–Crippen LogP) is 4.51. The fourth-order valence-electron chi connectivity index (χ4n) is 3.11. The van der Waals surface area contributed by atoms with Crippen molar-refractivity contribution < 1.29 is 9.21 Å². The van der Waals surface area contributed by atoms with Crippen molar-refractivity contribution in [1.82, 2.24) is 15.2 Å². The Hall–Kier alpha value is -2.58. The van der Waals surface area contributed by atoms with Gasteiger partial charge in [0.1, 0.15) is 5.82 Å². The van der Waals surface area contributed by atoms with Crippen LogP contribution in [0.1, 0.15) is 19.3 Å². The molecule has 9 heteroatoms. The van der Waals surface area contributed by atoms with Crippen LogP contribution in [0.4, 0.5) is 11.5 Å². The lowest BCUT2D eigenvalue weighted by Crippen LogP contribution is -2.30. The van der Waals surface area contributed by atoms with E-state index < -0.39 is 0 Å². The molecule has 150 valence electrons. The number of aromatic nitrogens is 3. The van der Waals surface area contributed by atoms with Gasteiger partial charge in [0.2, 0.25) is 11.8 Å². The van der Waals surface area contributed by atoms with Crippen molar-refractivity contribution >= 4 is 40.8 Å². The molecule has 3 heterocycles. The summed E-state index contributed by atoms with van der Waals surface area (Å²) in [4.78, 5) is 19.0. The van der Waals surface area contributed by atoms with Crippen LogP contribution >= 0.6 is 23.4 Å². The topological polar surface area (TPSA) is 84.1 Å². The lowest BCUT2D eigenvalue weighted by molar-refractivity contribution is -0.113. The van der Waals surface area contributed by atoms with Gasteiger partial charge in [-0.15, -0.1) is 10.2 Å². The number of nitrogens with one attached hydrogen (secondary N) is 1. The van der Waals surface area contributed by atoms with E-state index in [0.717, 1.165) is 18.9 Å². The number of hydrogen-bond acceptors (Lipinski definition) is 7. The van der Waals surface area contributed by atoms with Gasteiger partial charge >= 0.3 is 0 Å². The normalized spacial score (nSPS) is 14.0. The van der Waals surface area contributed by atoms with Gasteiger partial charge in [0.25, 0.3) is 5.22 Å². The SMILES string of the molecule is O=C(CSc1nnc(-c2ccccc2Cl)o1)Nc1ccc(N2CCCCC2)nc1. The monoisotopic (exact) mass is 429 g/mol. The zero-order chi connectivity index (χ0) is 20.1. The third-order valence-corrected chi connectivity index (χ3v) is 5.70. The molecule has 3 aromatic rings. The summed E-state index contributed by atoms with van der Waals surface area (Å²) in [5.74, 6) is 1.27. The zero-order valence-electron chi connectivity index (χ0n) is 15.7. The van der Waals surface area contributed by atoms with E-state index in [9.17, 15) is 4.79 Å². The Kier molecular flexibility index (Phi) is 6.31. The van der Waals surface area contributed by atoms with Crippen molar-refractivity contribution in [3.63, 3.8) is 0 Å². The smallest absolute Gasteiger partial charge is 0.277 e. The maximum atomic E-state index is 12.2. The van der Waals surface area contributed by atoms with Gasteiger partial charge in [-0.2, -0.15) is 0 Å². The summed E-state index contributed by atoms with van der Waals surface area (Å²) in [7, 11) is 0. The van der Waals surface area contributed by atoms with Crippen molar-refractivity contribution in [2.75, 3.05) is 29.1 Å². The summed E-state index contributed by atoms with van der Waals surface area (Å²) < 4.78 is 5.59. The standard InChI is InChI=1S/C20H20ClN5O2S/c21-16-7-3-2-6-15(16)19-24-25-20(28-19)29-13-18(27)23-14-8-9-17(22-12-14)26-10-4-1-5-11-26/h2-3,6-9,12H,1,4-5,10-11,13H2,(H,23,27). The summed E-state index contributed by atoms with van der Waals surface area (Å²) in [6.45, 7) is 2.07. The first-order valence-corrected chi connectivity index (χ1v) is 10.8. The summed E-state index contributed by atoms with van der Waals surface area (Å²) in [5, 5.41) is 11.6. The number of rotatable bonds is 6. The predicted molar refractivity (Wildman–Crippen MR) is 114 cm³/mol. The first-order chi connectivity index (χ1) is 14.2. The average Bonchev–Trinajstić information content (AvgIpc) is 3.23. The van der Waals surface area contributed by atoms with Crippen LogP contribution in [0.25, 0.3) is 11.5 Å². The first kappa shape index (κ1) is 19.7. The van der Waals surface area contributed by atoms with Crippen molar-refractivity contribution in [2.45, 2.75) is 24.5 Å². The van der Waals surface area contributed by atoms with E-state index in [4.69, 9.17) is 16.0 Å². The second kappa shape index (κ2) is 9.28. The Morgan fingerprint density at radius 3 is 2.72 bits per heavy atom. The number of carbonyl (C=O) groups excluding carboxylic acids is 1. The number of carbonyl (C=O) groups is 1. The summed E-state index contributed by atoms with van der Waals surface area (Å²) >= 11 is 7.31. The maximum Gasteiger partial charge on any atom is 0.277 e. The van der Waals surface area contributed by atoms with Gasteiger partial charge in [-0.3, -0.25) is 4.79 Å². The molecule has 1 aliphatic heterocycles. The van der Waals surface area contributed by atoms with Crippen molar-refractivity contribution in [2.24, 2.45) is 0 Å². The van der Waals surface area contributed by atoms with Crippen LogP contribution in [0.3, 0.4) is 0 Å². The van der Waals surface area contributed by atoms with E-state index in [1.54, 1.807) is 18.3 Å². The Bertz CT molecular complexity index is 973. The van der Waals surface area contributed by atoms with Gasteiger partial charge in [0.15, 0.2) is 0 Å². The van der Waals surface area contributed by atoms with Crippen molar-refractivity contribution in [3.8, 4) is 11.5 Å². The third-order valence-electron chi connectivity index (χ3n) is 4.55. The molecular weight excluding hydrogens is 410 g/mol. The minimum Gasteiger partial charge on any atom is -0.411 e. The molecule has 29 heavy (non-hydrogen) atoms. The van der Waals surface area contributed by atoms with Crippen LogP contribution in [0, 0.1) is 0 Å². The highest BCUT2D eigenvalue weighted by Gasteiger charge is 2.14. The minimum atomic E-state index is -0.167. The van der Waals surface area contributed by atoms with Crippen LogP contribution < -0.4 is 10.2 Å². The third kappa shape index (κ3) is 5.07. The molecule has 7 nitrogen and oxygen atoms in total. The van der Waals surface area contributed by atoms with E-state index in [-0.39, 0.29) is 11.7 Å². The molecule has 0 saturated carbocycles. The van der Waals surface area contributed by atoms with Gasteiger partial charge in [-0.25, -0.2) is 4.98 Å². The highest BCUT2D eigenvalue weighted by atomic mass is 35.5. The second-order valence-electron chi connectivity index (χ2n) is 6.64. The number of pyridine rings is 1. The molecule has 0 aliphatic carbocycles. The lowest BCUT2D eigenvalue weighted by atomic mass is 10.1. The van der Waals surface area contributed by atoms with Crippen LogP contribution in [0.2, 0.25) is 5.02 Å². The van der Waals surface area contributed by atoms with Gasteiger partial charge in [0, 0.05) is 13.1 Å². The fourth-order valence-corrected chi connectivity index (χ4v) is 3.89. The number of halogens is 1. The van der Waals surface area contributed by atoms with Crippen LogP contribution in [-0.4, -0.2) is 39.9 Å². The molecule has 1 fully saturated rings. The van der Waals surface area contributed by atoms with Gasteiger partial charge in [0.05, 0.1) is 28.2 Å². The molecule has 0 radical (unpaired) electrons. The van der Waals surface area contributed by atoms with Crippen LogP contribution in [0.5, 0.6) is 0 Å². The van der Waals surface area contributed by atoms with E-state index in [1.165, 1.54) is 31.0 Å². The molecule has 1 saturated heterocycles. The molecule has 1 N–H and O–H groups in total. The summed E-state index contributed by atoms with van der Waals surface area (Å²) in [5.41, 5.74) is 1.33. The second-order valence-corrected chi connectivity index (χ2v) is 7.98. The van der Waals surface area contributed by atoms with Crippen LogP contribution in [-0.2, 0) is 4.79 Å². The number of anilines is 2. The summed E-state index contributed by atoms with van der Waals surface area (Å²) in [6, 6.07) is 11.1. The summed E-state index contributed by atoms with van der Waals surface area (Å²) in [6.07, 6.45) is 5.37. The van der Waals surface area contributed by atoms with Crippen molar-refractivity contribution in [3.05, 3.63) is 47.6 Å². The molecule has 0 spiro atoms.